The van der Waals surface area contributed by atoms with Crippen molar-refractivity contribution in [3.05, 3.63) is 105 Å². The predicted molar refractivity (Wildman–Crippen MR) is 126 cm³/mol. The van der Waals surface area contributed by atoms with Crippen molar-refractivity contribution < 1.29 is 9.90 Å². The maximum Gasteiger partial charge on any atom is 0.251 e. The fourth-order valence-electron chi connectivity index (χ4n) is 3.87. The molecule has 2 aromatic carbocycles. The highest BCUT2D eigenvalue weighted by Gasteiger charge is 2.24. The van der Waals surface area contributed by atoms with Crippen molar-refractivity contribution in [1.29, 1.82) is 0 Å². The molecule has 6 heteroatoms. The summed E-state index contributed by atoms with van der Waals surface area (Å²) in [5.74, 6) is -0.300. The van der Waals surface area contributed by atoms with Crippen molar-refractivity contribution in [2.45, 2.75) is 45.3 Å². The van der Waals surface area contributed by atoms with Gasteiger partial charge in [0.25, 0.3) is 5.91 Å². The van der Waals surface area contributed by atoms with Crippen LogP contribution in [0.4, 0.5) is 0 Å². The lowest BCUT2D eigenvalue weighted by molar-refractivity contribution is 0.0924. The smallest absolute Gasteiger partial charge is 0.251 e. The predicted octanol–water partition coefficient (Wildman–Crippen LogP) is 4.84. The van der Waals surface area contributed by atoms with Crippen molar-refractivity contribution in [2.24, 2.45) is 5.18 Å². The van der Waals surface area contributed by atoms with Crippen molar-refractivity contribution >= 4 is 5.91 Å². The topological polar surface area (TPSA) is 91.6 Å². The molecule has 2 N–H and O–H groups in total. The molecule has 1 aromatic heterocycles. The average Bonchev–Trinajstić information content (AvgIpc) is 2.79. The molecule has 6 nitrogen and oxygen atoms in total. The summed E-state index contributed by atoms with van der Waals surface area (Å²) in [6.45, 7) is 5.77. The highest BCUT2D eigenvalue weighted by Crippen LogP contribution is 2.37. The molecule has 32 heavy (non-hydrogen) atoms. The first-order chi connectivity index (χ1) is 15.4. The second-order valence-electron chi connectivity index (χ2n) is 8.18. The Hall–Kier alpha value is -3.38. The lowest BCUT2D eigenvalue weighted by atomic mass is 9.82. The van der Waals surface area contributed by atoms with Gasteiger partial charge in [0.1, 0.15) is 6.04 Å². The highest BCUT2D eigenvalue weighted by molar-refractivity contribution is 5.94. The molecular formula is C26H29N3O3. The molecule has 0 aliphatic carbocycles. The number of aliphatic hydroxyl groups is 1. The summed E-state index contributed by atoms with van der Waals surface area (Å²) in [6.07, 6.45) is 1.60. The van der Waals surface area contributed by atoms with Gasteiger partial charge in [0.05, 0.1) is 6.10 Å². The van der Waals surface area contributed by atoms with Crippen LogP contribution in [0.1, 0.15) is 63.6 Å². The zero-order valence-electron chi connectivity index (χ0n) is 18.7. The number of amides is 1. The van der Waals surface area contributed by atoms with Gasteiger partial charge in [0.15, 0.2) is 0 Å². The first-order valence-corrected chi connectivity index (χ1v) is 10.8. The summed E-state index contributed by atoms with van der Waals surface area (Å²) < 4.78 is 0. The summed E-state index contributed by atoms with van der Waals surface area (Å²) in [4.78, 5) is 28.4. The molecule has 3 rings (SSSR count). The Morgan fingerprint density at radius 2 is 1.78 bits per heavy atom. The third-order valence-electron chi connectivity index (χ3n) is 5.59. The molecule has 0 radical (unpaired) electrons. The minimum absolute atomic E-state index is 0.0676. The number of carbonyl (C=O) groups is 1. The summed E-state index contributed by atoms with van der Waals surface area (Å²) >= 11 is 0. The van der Waals surface area contributed by atoms with E-state index >= 15 is 0 Å². The SMILES string of the molecule is Cc1cc(C(CC(c2ccc(C(=O)NCC(C)O)cc2)c2ccccc2C)N=O)ccn1. The first kappa shape index (κ1) is 23.3. The number of aliphatic hydroxyl groups excluding tert-OH is 1. The Balaban J connectivity index is 1.92. The second-order valence-corrected chi connectivity index (χ2v) is 8.18. The lowest BCUT2D eigenvalue weighted by Crippen LogP contribution is -2.30. The van der Waals surface area contributed by atoms with Crippen molar-refractivity contribution in [2.75, 3.05) is 6.54 Å². The molecule has 0 aliphatic heterocycles. The third-order valence-corrected chi connectivity index (χ3v) is 5.59. The van der Waals surface area contributed by atoms with Crippen LogP contribution < -0.4 is 5.32 Å². The quantitative estimate of drug-likeness (QED) is 0.474. The van der Waals surface area contributed by atoms with Gasteiger partial charge in [-0.25, -0.2) is 0 Å². The van der Waals surface area contributed by atoms with Crippen LogP contribution in [0, 0.1) is 18.8 Å². The molecule has 0 spiro atoms. The molecule has 0 saturated heterocycles. The van der Waals surface area contributed by atoms with Crippen molar-refractivity contribution in [1.82, 2.24) is 10.3 Å². The Morgan fingerprint density at radius 1 is 1.06 bits per heavy atom. The van der Waals surface area contributed by atoms with Crippen LogP contribution in [-0.2, 0) is 0 Å². The van der Waals surface area contributed by atoms with E-state index in [1.807, 2.05) is 43.3 Å². The van der Waals surface area contributed by atoms with Gasteiger partial charge in [-0.3, -0.25) is 9.78 Å². The molecule has 3 aromatic rings. The molecule has 166 valence electrons. The summed E-state index contributed by atoms with van der Waals surface area (Å²) in [5, 5.41) is 15.5. The monoisotopic (exact) mass is 431 g/mol. The van der Waals surface area contributed by atoms with E-state index in [1.165, 1.54) is 0 Å². The van der Waals surface area contributed by atoms with E-state index < -0.39 is 12.1 Å². The minimum Gasteiger partial charge on any atom is -0.392 e. The number of carbonyl (C=O) groups excluding carboxylic acids is 1. The zero-order chi connectivity index (χ0) is 23.1. The van der Waals surface area contributed by atoms with Crippen molar-refractivity contribution in [3.63, 3.8) is 0 Å². The van der Waals surface area contributed by atoms with E-state index in [4.69, 9.17) is 0 Å². The van der Waals surface area contributed by atoms with Gasteiger partial charge in [0, 0.05) is 29.9 Å². The normalized spacial score (nSPS) is 13.8. The Labute approximate surface area is 188 Å². The van der Waals surface area contributed by atoms with Crippen LogP contribution in [0.3, 0.4) is 0 Å². The summed E-state index contributed by atoms with van der Waals surface area (Å²) in [7, 11) is 0. The number of pyridine rings is 1. The van der Waals surface area contributed by atoms with E-state index in [2.05, 4.69) is 34.5 Å². The van der Waals surface area contributed by atoms with Gasteiger partial charge in [0.2, 0.25) is 0 Å². The van der Waals surface area contributed by atoms with E-state index in [-0.39, 0.29) is 18.4 Å². The fraction of sp³-hybridized carbons (Fsp3) is 0.308. The molecular weight excluding hydrogens is 402 g/mol. The largest absolute Gasteiger partial charge is 0.392 e. The number of benzene rings is 2. The molecule has 1 amide bonds. The number of rotatable bonds is 9. The molecule has 3 unspecified atom stereocenters. The maximum absolute atomic E-state index is 12.3. The molecule has 0 fully saturated rings. The number of hydrogen-bond donors (Lipinski definition) is 2. The van der Waals surface area contributed by atoms with E-state index in [1.54, 1.807) is 25.3 Å². The molecule has 0 aliphatic rings. The average molecular weight is 432 g/mol. The Bertz CT molecular complexity index is 1060. The van der Waals surface area contributed by atoms with Gasteiger partial charge < -0.3 is 10.4 Å². The van der Waals surface area contributed by atoms with Crippen LogP contribution in [-0.4, -0.2) is 28.6 Å². The number of nitroso groups, excluding NO2 is 1. The number of nitrogens with one attached hydrogen (secondary N) is 1. The Kier molecular flexibility index (Phi) is 7.84. The minimum atomic E-state index is -0.603. The first-order valence-electron chi connectivity index (χ1n) is 10.8. The van der Waals surface area contributed by atoms with Crippen LogP contribution in [0.5, 0.6) is 0 Å². The van der Waals surface area contributed by atoms with Crippen LogP contribution >= 0.6 is 0 Å². The molecule has 3 atom stereocenters. The maximum atomic E-state index is 12.3. The van der Waals surface area contributed by atoms with Crippen LogP contribution in [0.25, 0.3) is 0 Å². The van der Waals surface area contributed by atoms with Gasteiger partial charge in [-0.05, 0) is 73.7 Å². The third kappa shape index (κ3) is 5.86. The highest BCUT2D eigenvalue weighted by atomic mass is 16.3. The second kappa shape index (κ2) is 10.8. The van der Waals surface area contributed by atoms with Crippen LogP contribution in [0.15, 0.2) is 72.0 Å². The molecule has 0 bridgehead atoms. The molecule has 1 heterocycles. The Morgan fingerprint density at radius 3 is 2.41 bits per heavy atom. The van der Waals surface area contributed by atoms with E-state index in [9.17, 15) is 14.8 Å². The van der Waals surface area contributed by atoms with Crippen molar-refractivity contribution in [3.8, 4) is 0 Å². The number of aryl methyl sites for hydroxylation is 2. The van der Waals surface area contributed by atoms with Gasteiger partial charge >= 0.3 is 0 Å². The van der Waals surface area contributed by atoms with Gasteiger partial charge in [-0.1, -0.05) is 41.6 Å². The summed E-state index contributed by atoms with van der Waals surface area (Å²) in [6, 6.07) is 18.7. The van der Waals surface area contributed by atoms with E-state index in [0.717, 1.165) is 27.9 Å². The number of hydrogen-bond acceptors (Lipinski definition) is 5. The van der Waals surface area contributed by atoms with Crippen LogP contribution in [0.2, 0.25) is 0 Å². The van der Waals surface area contributed by atoms with Gasteiger partial charge in [-0.2, -0.15) is 4.91 Å². The summed E-state index contributed by atoms with van der Waals surface area (Å²) in [5.41, 5.74) is 5.47. The van der Waals surface area contributed by atoms with Gasteiger partial charge in [-0.15, -0.1) is 0 Å². The lowest BCUT2D eigenvalue weighted by Gasteiger charge is -2.23. The number of aromatic nitrogens is 1. The molecule has 0 saturated carbocycles. The zero-order valence-corrected chi connectivity index (χ0v) is 18.7. The fourth-order valence-corrected chi connectivity index (χ4v) is 3.87. The van der Waals surface area contributed by atoms with E-state index in [0.29, 0.717) is 12.0 Å². The number of nitrogens with zero attached hydrogens (tertiary/aromatic N) is 2. The standard InChI is InChI=1S/C26H29N3O3/c1-17-6-4-5-7-23(17)24(15-25(29-32)22-12-13-27-18(2)14-22)20-8-10-21(11-9-20)26(31)28-16-19(3)30/h4-14,19,24-25,30H,15-16H2,1-3H3,(H,28,31).